The number of aromatic nitrogens is 2. The van der Waals surface area contributed by atoms with Crippen molar-refractivity contribution in [3.05, 3.63) is 58.9 Å². The van der Waals surface area contributed by atoms with E-state index in [9.17, 15) is 13.6 Å². The number of halogens is 2. The van der Waals surface area contributed by atoms with Crippen LogP contribution in [0.1, 0.15) is 24.2 Å². The third-order valence-electron chi connectivity index (χ3n) is 3.88. The summed E-state index contributed by atoms with van der Waals surface area (Å²) in [5, 5.41) is 1.92. The van der Waals surface area contributed by atoms with Crippen LogP contribution in [0.4, 0.5) is 8.78 Å². The molecule has 2 aromatic heterocycles. The van der Waals surface area contributed by atoms with Crippen LogP contribution in [0.15, 0.2) is 36.0 Å². The van der Waals surface area contributed by atoms with Crippen molar-refractivity contribution in [2.75, 3.05) is 7.05 Å². The quantitative estimate of drug-likeness (QED) is 0.732. The molecule has 1 unspecified atom stereocenters. The molecule has 0 saturated heterocycles. The van der Waals surface area contributed by atoms with Gasteiger partial charge in [0.25, 0.3) is 0 Å². The van der Waals surface area contributed by atoms with Gasteiger partial charge in [-0.1, -0.05) is 6.07 Å². The molecule has 4 nitrogen and oxygen atoms in total. The molecule has 0 aliphatic heterocycles. The van der Waals surface area contributed by atoms with Crippen molar-refractivity contribution in [1.29, 1.82) is 0 Å². The van der Waals surface area contributed by atoms with E-state index in [1.54, 1.807) is 14.0 Å². The molecule has 2 heterocycles. The molecule has 0 N–H and O–H groups in total. The van der Waals surface area contributed by atoms with Crippen LogP contribution in [-0.2, 0) is 11.2 Å². The second-order valence-corrected chi connectivity index (χ2v) is 6.23. The number of hydrogen-bond acceptors (Lipinski definition) is 3. The highest BCUT2D eigenvalue weighted by Gasteiger charge is 2.20. The van der Waals surface area contributed by atoms with E-state index >= 15 is 0 Å². The summed E-state index contributed by atoms with van der Waals surface area (Å²) in [5.41, 5.74) is 1.23. The van der Waals surface area contributed by atoms with E-state index in [4.69, 9.17) is 0 Å². The Kier molecular flexibility index (Phi) is 4.12. The lowest BCUT2D eigenvalue weighted by Crippen LogP contribution is -2.31. The number of hydrogen-bond donors (Lipinski definition) is 0. The Bertz CT molecular complexity index is 830. The van der Waals surface area contributed by atoms with Crippen molar-refractivity contribution in [3.8, 4) is 0 Å². The van der Waals surface area contributed by atoms with Gasteiger partial charge < -0.3 is 4.90 Å². The standard InChI is InChI=1S/C16H15F2N3OS/c1-10(11-3-4-13(17)14(18)7-11)20(2)15(22)8-12-9-21-5-6-23-16(21)19-12/h3-7,9-10H,8H2,1-2H3. The fraction of sp³-hybridized carbons (Fsp3) is 0.250. The molecule has 0 aliphatic carbocycles. The van der Waals surface area contributed by atoms with Gasteiger partial charge >= 0.3 is 0 Å². The number of benzene rings is 1. The molecule has 0 saturated carbocycles. The Labute approximate surface area is 136 Å². The first kappa shape index (κ1) is 15.6. The molecule has 7 heteroatoms. The van der Waals surface area contributed by atoms with Crippen molar-refractivity contribution in [3.63, 3.8) is 0 Å². The first-order valence-corrected chi connectivity index (χ1v) is 7.95. The van der Waals surface area contributed by atoms with Crippen molar-refractivity contribution in [2.24, 2.45) is 0 Å². The fourth-order valence-corrected chi connectivity index (χ4v) is 3.07. The van der Waals surface area contributed by atoms with E-state index in [0.29, 0.717) is 11.3 Å². The lowest BCUT2D eigenvalue weighted by molar-refractivity contribution is -0.131. The molecule has 1 amide bonds. The number of rotatable bonds is 4. The predicted octanol–water partition coefficient (Wildman–Crippen LogP) is 3.44. The van der Waals surface area contributed by atoms with Crippen LogP contribution < -0.4 is 0 Å². The molecular formula is C16H15F2N3OS. The first-order chi connectivity index (χ1) is 11.0. The molecule has 0 radical (unpaired) electrons. The Hall–Kier alpha value is -2.28. The van der Waals surface area contributed by atoms with E-state index in [1.165, 1.54) is 22.3 Å². The molecule has 3 rings (SSSR count). The number of amides is 1. The van der Waals surface area contributed by atoms with E-state index < -0.39 is 11.6 Å². The van der Waals surface area contributed by atoms with Gasteiger partial charge in [0.1, 0.15) is 0 Å². The summed E-state index contributed by atoms with van der Waals surface area (Å²) >= 11 is 1.50. The molecule has 120 valence electrons. The van der Waals surface area contributed by atoms with E-state index in [0.717, 1.165) is 17.1 Å². The lowest BCUT2D eigenvalue weighted by Gasteiger charge is -2.25. The number of thiazole rings is 1. The van der Waals surface area contributed by atoms with Crippen LogP contribution in [0.3, 0.4) is 0 Å². The van der Waals surface area contributed by atoms with Crippen LogP contribution in [0.5, 0.6) is 0 Å². The van der Waals surface area contributed by atoms with Crippen LogP contribution in [0.2, 0.25) is 0 Å². The van der Waals surface area contributed by atoms with Crippen LogP contribution in [0, 0.1) is 11.6 Å². The van der Waals surface area contributed by atoms with E-state index in [1.807, 2.05) is 22.2 Å². The summed E-state index contributed by atoms with van der Waals surface area (Å²) < 4.78 is 28.2. The summed E-state index contributed by atoms with van der Waals surface area (Å²) in [7, 11) is 1.65. The average molecular weight is 335 g/mol. The number of carbonyl (C=O) groups excluding carboxylic acids is 1. The second kappa shape index (κ2) is 6.08. The molecular weight excluding hydrogens is 320 g/mol. The van der Waals surface area contributed by atoms with Gasteiger partial charge in [-0.2, -0.15) is 0 Å². The minimum Gasteiger partial charge on any atom is -0.339 e. The summed E-state index contributed by atoms with van der Waals surface area (Å²) in [6.07, 6.45) is 3.87. The fourth-order valence-electron chi connectivity index (χ4n) is 2.35. The smallest absolute Gasteiger partial charge is 0.228 e. The van der Waals surface area contributed by atoms with Crippen molar-refractivity contribution in [2.45, 2.75) is 19.4 Å². The van der Waals surface area contributed by atoms with Gasteiger partial charge in [0.15, 0.2) is 16.6 Å². The summed E-state index contributed by atoms with van der Waals surface area (Å²) in [6.45, 7) is 1.77. The van der Waals surface area contributed by atoms with Crippen LogP contribution in [-0.4, -0.2) is 27.2 Å². The van der Waals surface area contributed by atoms with Gasteiger partial charge in [0.05, 0.1) is 18.2 Å². The zero-order valence-corrected chi connectivity index (χ0v) is 13.5. The molecule has 1 aromatic carbocycles. The lowest BCUT2D eigenvalue weighted by atomic mass is 10.1. The summed E-state index contributed by atoms with van der Waals surface area (Å²) in [4.78, 5) is 19.1. The van der Waals surface area contributed by atoms with Crippen molar-refractivity contribution in [1.82, 2.24) is 14.3 Å². The van der Waals surface area contributed by atoms with E-state index in [2.05, 4.69) is 4.98 Å². The first-order valence-electron chi connectivity index (χ1n) is 7.07. The molecule has 0 aliphatic rings. The number of carbonyl (C=O) groups is 1. The van der Waals surface area contributed by atoms with Crippen LogP contribution in [0.25, 0.3) is 4.96 Å². The number of likely N-dealkylation sites (N-methyl/N-ethyl adjacent to an activating group) is 1. The Morgan fingerprint density at radius 3 is 2.87 bits per heavy atom. The van der Waals surface area contributed by atoms with Crippen LogP contribution >= 0.6 is 11.3 Å². The SMILES string of the molecule is CC(c1ccc(F)c(F)c1)N(C)C(=O)Cc1cn2ccsc2n1. The summed E-state index contributed by atoms with van der Waals surface area (Å²) in [5.74, 6) is -1.94. The predicted molar refractivity (Wildman–Crippen MR) is 84.3 cm³/mol. The third kappa shape index (κ3) is 3.10. The zero-order chi connectivity index (χ0) is 16.6. The van der Waals surface area contributed by atoms with Crippen molar-refractivity contribution < 1.29 is 13.6 Å². The van der Waals surface area contributed by atoms with Gasteiger partial charge in [-0.15, -0.1) is 11.3 Å². The second-order valence-electron chi connectivity index (χ2n) is 5.36. The molecule has 1 atom stereocenters. The molecule has 3 aromatic rings. The molecule has 0 bridgehead atoms. The minimum atomic E-state index is -0.912. The summed E-state index contributed by atoms with van der Waals surface area (Å²) in [6, 6.07) is 3.32. The monoisotopic (exact) mass is 335 g/mol. The van der Waals surface area contributed by atoms with Gasteiger partial charge in [-0.05, 0) is 24.6 Å². The number of imidazole rings is 1. The van der Waals surface area contributed by atoms with Gasteiger partial charge in [-0.3, -0.25) is 9.20 Å². The maximum absolute atomic E-state index is 13.3. The Balaban J connectivity index is 1.72. The highest BCUT2D eigenvalue weighted by atomic mass is 32.1. The van der Waals surface area contributed by atoms with Gasteiger partial charge in [0.2, 0.25) is 5.91 Å². The van der Waals surface area contributed by atoms with Gasteiger partial charge in [0, 0.05) is 24.8 Å². The highest BCUT2D eigenvalue weighted by molar-refractivity contribution is 7.15. The Morgan fingerprint density at radius 2 is 2.17 bits per heavy atom. The highest BCUT2D eigenvalue weighted by Crippen LogP contribution is 2.22. The topological polar surface area (TPSA) is 37.6 Å². The normalized spacial score (nSPS) is 12.5. The zero-order valence-electron chi connectivity index (χ0n) is 12.7. The van der Waals surface area contributed by atoms with E-state index in [-0.39, 0.29) is 18.4 Å². The number of fused-ring (bicyclic) bond motifs is 1. The Morgan fingerprint density at radius 1 is 1.39 bits per heavy atom. The largest absolute Gasteiger partial charge is 0.339 e. The molecule has 0 spiro atoms. The maximum atomic E-state index is 13.3. The minimum absolute atomic E-state index is 0.131. The maximum Gasteiger partial charge on any atom is 0.228 e. The van der Waals surface area contributed by atoms with Crippen molar-refractivity contribution >= 4 is 22.2 Å². The number of nitrogens with zero attached hydrogens (tertiary/aromatic N) is 3. The molecule has 23 heavy (non-hydrogen) atoms. The average Bonchev–Trinajstić information content (AvgIpc) is 3.09. The third-order valence-corrected chi connectivity index (χ3v) is 4.65. The molecule has 0 fully saturated rings. The van der Waals surface area contributed by atoms with Gasteiger partial charge in [-0.25, -0.2) is 13.8 Å².